The highest BCUT2D eigenvalue weighted by Crippen LogP contribution is 2.29. The van der Waals surface area contributed by atoms with E-state index in [1.165, 1.54) is 11.8 Å². The van der Waals surface area contributed by atoms with Crippen LogP contribution in [0.2, 0.25) is 10.0 Å². The van der Waals surface area contributed by atoms with E-state index in [0.717, 1.165) is 11.1 Å². The van der Waals surface area contributed by atoms with E-state index < -0.39 is 0 Å². The number of nitrogens with two attached hydrogens (primary N) is 1. The summed E-state index contributed by atoms with van der Waals surface area (Å²) >= 11 is 13.4. The molecular weight excluding hydrogens is 315 g/mol. The number of oxazole rings is 1. The smallest absolute Gasteiger partial charge is 0.257 e. The number of hydrogen-bond donors (Lipinski definition) is 1. The van der Waals surface area contributed by atoms with Crippen molar-refractivity contribution in [1.82, 2.24) is 4.98 Å². The molecule has 0 bridgehead atoms. The van der Waals surface area contributed by atoms with Gasteiger partial charge in [0.2, 0.25) is 0 Å². The summed E-state index contributed by atoms with van der Waals surface area (Å²) in [5, 5.41) is 1.71. The topological polar surface area (TPSA) is 52.0 Å². The number of nitrogens with zero attached hydrogens (tertiary/aromatic N) is 1. The fraction of sp³-hybridized carbons (Fsp3) is 0.0714. The zero-order chi connectivity index (χ0) is 14.1. The van der Waals surface area contributed by atoms with Crippen molar-refractivity contribution in [2.75, 3.05) is 5.73 Å². The molecule has 3 nitrogen and oxygen atoms in total. The summed E-state index contributed by atoms with van der Waals surface area (Å²) in [5.41, 5.74) is 8.93. The summed E-state index contributed by atoms with van der Waals surface area (Å²) in [6.45, 7) is 0. The quantitative estimate of drug-likeness (QED) is 0.543. The van der Waals surface area contributed by atoms with Crippen LogP contribution in [0.3, 0.4) is 0 Å². The van der Waals surface area contributed by atoms with Crippen LogP contribution >= 0.6 is 35.0 Å². The van der Waals surface area contributed by atoms with Crippen molar-refractivity contribution >= 4 is 51.8 Å². The molecule has 1 aromatic heterocycles. The molecule has 0 saturated carbocycles. The van der Waals surface area contributed by atoms with Crippen LogP contribution in [0.1, 0.15) is 5.56 Å². The molecule has 3 rings (SSSR count). The third kappa shape index (κ3) is 2.87. The van der Waals surface area contributed by atoms with Gasteiger partial charge in [-0.15, -0.1) is 0 Å². The number of benzene rings is 2. The lowest BCUT2D eigenvalue weighted by Gasteiger charge is -2.00. The minimum atomic E-state index is 0.551. The second-order valence-electron chi connectivity index (χ2n) is 4.24. The Morgan fingerprint density at radius 1 is 1.10 bits per heavy atom. The number of fused-ring (bicyclic) bond motifs is 1. The maximum Gasteiger partial charge on any atom is 0.257 e. The molecule has 0 fully saturated rings. The number of rotatable bonds is 3. The van der Waals surface area contributed by atoms with Crippen LogP contribution in [0, 0.1) is 0 Å². The number of nitrogen functional groups attached to an aromatic ring is 1. The number of hydrogen-bond acceptors (Lipinski definition) is 4. The molecule has 102 valence electrons. The van der Waals surface area contributed by atoms with E-state index in [9.17, 15) is 0 Å². The van der Waals surface area contributed by atoms with Gasteiger partial charge in [-0.1, -0.05) is 41.0 Å². The van der Waals surface area contributed by atoms with Gasteiger partial charge in [0.25, 0.3) is 5.22 Å². The third-order valence-electron chi connectivity index (χ3n) is 2.74. The fourth-order valence-corrected chi connectivity index (χ4v) is 2.86. The fourth-order valence-electron chi connectivity index (χ4n) is 1.76. The van der Waals surface area contributed by atoms with Gasteiger partial charge in [0.05, 0.1) is 10.0 Å². The molecule has 20 heavy (non-hydrogen) atoms. The van der Waals surface area contributed by atoms with Gasteiger partial charge in [-0.3, -0.25) is 0 Å². The number of aromatic nitrogens is 1. The molecule has 0 aliphatic carbocycles. The van der Waals surface area contributed by atoms with Gasteiger partial charge in [-0.25, -0.2) is 4.98 Å². The predicted molar refractivity (Wildman–Crippen MR) is 84.4 cm³/mol. The van der Waals surface area contributed by atoms with Crippen molar-refractivity contribution in [3.8, 4) is 0 Å². The van der Waals surface area contributed by atoms with E-state index in [1.54, 1.807) is 18.2 Å². The monoisotopic (exact) mass is 324 g/mol. The van der Waals surface area contributed by atoms with Crippen molar-refractivity contribution in [1.29, 1.82) is 0 Å². The minimum Gasteiger partial charge on any atom is -0.431 e. The lowest BCUT2D eigenvalue weighted by molar-refractivity contribution is 0.489. The first-order valence-corrected chi connectivity index (χ1v) is 7.59. The summed E-state index contributed by atoms with van der Waals surface area (Å²) in [7, 11) is 0. The van der Waals surface area contributed by atoms with E-state index in [-0.39, 0.29) is 0 Å². The van der Waals surface area contributed by atoms with Gasteiger partial charge in [0.1, 0.15) is 5.52 Å². The second kappa shape index (κ2) is 5.56. The molecule has 0 atom stereocenters. The van der Waals surface area contributed by atoms with E-state index in [2.05, 4.69) is 4.98 Å². The molecule has 0 aliphatic heterocycles. The summed E-state index contributed by atoms with van der Waals surface area (Å²) < 4.78 is 5.64. The standard InChI is InChI=1S/C14H10Cl2N2OS/c15-10-3-1-8(5-11(10)16)7-20-14-18-12-4-2-9(17)6-13(12)19-14/h1-6H,7,17H2. The maximum atomic E-state index is 5.98. The van der Waals surface area contributed by atoms with Gasteiger partial charge in [-0.05, 0) is 29.8 Å². The minimum absolute atomic E-state index is 0.551. The Bertz CT molecular complexity index is 773. The molecular formula is C14H10Cl2N2OS. The zero-order valence-electron chi connectivity index (χ0n) is 10.3. The van der Waals surface area contributed by atoms with Gasteiger partial charge < -0.3 is 10.2 Å². The Balaban J connectivity index is 1.77. The normalized spacial score (nSPS) is 11.1. The first-order valence-electron chi connectivity index (χ1n) is 5.84. The highest BCUT2D eigenvalue weighted by atomic mass is 35.5. The SMILES string of the molecule is Nc1ccc2nc(SCc3ccc(Cl)c(Cl)c3)oc2c1. The lowest BCUT2D eigenvalue weighted by atomic mass is 10.2. The Labute approximate surface area is 130 Å². The van der Waals surface area contributed by atoms with Crippen LogP contribution in [-0.2, 0) is 5.75 Å². The molecule has 3 aromatic rings. The molecule has 0 aliphatic rings. The van der Waals surface area contributed by atoms with E-state index >= 15 is 0 Å². The van der Waals surface area contributed by atoms with Crippen LogP contribution in [0.15, 0.2) is 46.0 Å². The maximum absolute atomic E-state index is 5.98. The molecule has 0 spiro atoms. The van der Waals surface area contributed by atoms with Crippen LogP contribution in [-0.4, -0.2) is 4.98 Å². The van der Waals surface area contributed by atoms with Crippen molar-refractivity contribution in [2.45, 2.75) is 11.0 Å². The largest absolute Gasteiger partial charge is 0.431 e. The van der Waals surface area contributed by atoms with Crippen molar-refractivity contribution in [3.05, 3.63) is 52.0 Å². The van der Waals surface area contributed by atoms with E-state index in [0.29, 0.717) is 32.3 Å². The Morgan fingerprint density at radius 3 is 2.75 bits per heavy atom. The number of halogens is 2. The van der Waals surface area contributed by atoms with Crippen molar-refractivity contribution in [2.24, 2.45) is 0 Å². The molecule has 1 heterocycles. The molecule has 0 unspecified atom stereocenters. The predicted octanol–water partition coefficient (Wildman–Crippen LogP) is 5.01. The van der Waals surface area contributed by atoms with Crippen LogP contribution in [0.5, 0.6) is 0 Å². The van der Waals surface area contributed by atoms with Crippen molar-refractivity contribution in [3.63, 3.8) is 0 Å². The number of thioether (sulfide) groups is 1. The van der Waals surface area contributed by atoms with E-state index in [4.69, 9.17) is 33.4 Å². The van der Waals surface area contributed by atoms with Gasteiger partial charge in [0, 0.05) is 17.5 Å². The van der Waals surface area contributed by atoms with Crippen LogP contribution in [0.4, 0.5) is 5.69 Å². The average Bonchev–Trinajstić information content (AvgIpc) is 2.82. The van der Waals surface area contributed by atoms with Crippen LogP contribution < -0.4 is 5.73 Å². The van der Waals surface area contributed by atoms with Gasteiger partial charge in [-0.2, -0.15) is 0 Å². The molecule has 0 amide bonds. The molecule has 0 radical (unpaired) electrons. The summed E-state index contributed by atoms with van der Waals surface area (Å²) in [5.74, 6) is 0.708. The second-order valence-corrected chi connectivity index (χ2v) is 5.99. The molecule has 2 N–H and O–H groups in total. The third-order valence-corrected chi connectivity index (χ3v) is 4.38. The van der Waals surface area contributed by atoms with Crippen LogP contribution in [0.25, 0.3) is 11.1 Å². The Morgan fingerprint density at radius 2 is 1.95 bits per heavy atom. The lowest BCUT2D eigenvalue weighted by Crippen LogP contribution is -1.81. The first kappa shape index (κ1) is 13.6. The van der Waals surface area contributed by atoms with Crippen molar-refractivity contribution < 1.29 is 4.42 Å². The average molecular weight is 325 g/mol. The summed E-state index contributed by atoms with van der Waals surface area (Å²) in [6, 6.07) is 11.0. The summed E-state index contributed by atoms with van der Waals surface area (Å²) in [6.07, 6.45) is 0. The Hall–Kier alpha value is -1.36. The van der Waals surface area contributed by atoms with Gasteiger partial charge >= 0.3 is 0 Å². The molecule has 6 heteroatoms. The summed E-state index contributed by atoms with van der Waals surface area (Å²) in [4.78, 5) is 4.39. The molecule has 2 aromatic carbocycles. The first-order chi connectivity index (χ1) is 9.61. The van der Waals surface area contributed by atoms with E-state index in [1.807, 2.05) is 18.2 Å². The van der Waals surface area contributed by atoms with Gasteiger partial charge in [0.15, 0.2) is 5.58 Å². The highest BCUT2D eigenvalue weighted by molar-refractivity contribution is 7.98. The zero-order valence-corrected chi connectivity index (χ0v) is 12.6. The highest BCUT2D eigenvalue weighted by Gasteiger charge is 2.07. The molecule has 0 saturated heterocycles. The Kier molecular flexibility index (Phi) is 3.78. The number of anilines is 1.